The lowest BCUT2D eigenvalue weighted by Crippen LogP contribution is -2.31. The minimum atomic E-state index is -0.379. The second-order valence-electron chi connectivity index (χ2n) is 4.62. The molecule has 0 aliphatic rings. The fourth-order valence-electron chi connectivity index (χ4n) is 1.96. The molecule has 4 nitrogen and oxygen atoms in total. The molecule has 1 amide bonds. The Kier molecular flexibility index (Phi) is 5.79. The lowest BCUT2D eigenvalue weighted by atomic mass is 10.1. The van der Waals surface area contributed by atoms with E-state index in [0.29, 0.717) is 6.61 Å². The predicted molar refractivity (Wildman–Crippen MR) is 81.0 cm³/mol. The second kappa shape index (κ2) is 8.07. The van der Waals surface area contributed by atoms with Crippen molar-refractivity contribution in [2.45, 2.75) is 12.5 Å². The number of para-hydroxylation sites is 1. The Morgan fingerprint density at radius 1 is 1.05 bits per heavy atom. The maximum atomic E-state index is 11.9. The highest BCUT2D eigenvalue weighted by Crippen LogP contribution is 2.12. The molecule has 0 radical (unpaired) electrons. The van der Waals surface area contributed by atoms with Crippen molar-refractivity contribution in [1.29, 1.82) is 0 Å². The number of rotatable bonds is 7. The van der Waals surface area contributed by atoms with Gasteiger partial charge in [0.2, 0.25) is 5.91 Å². The van der Waals surface area contributed by atoms with Gasteiger partial charge in [-0.05, 0) is 17.7 Å². The smallest absolute Gasteiger partial charge is 0.223 e. The highest BCUT2D eigenvalue weighted by Gasteiger charge is 2.13. The summed E-state index contributed by atoms with van der Waals surface area (Å²) in [5.74, 6) is 0.598. The van der Waals surface area contributed by atoms with Crippen molar-refractivity contribution >= 4 is 5.91 Å². The molecule has 0 spiro atoms. The molecule has 0 aliphatic carbocycles. The molecule has 1 atom stereocenters. The summed E-state index contributed by atoms with van der Waals surface area (Å²) in [5, 5.41) is 12.2. The van der Waals surface area contributed by atoms with Gasteiger partial charge in [-0.3, -0.25) is 4.79 Å². The molecule has 2 N–H and O–H groups in total. The number of carbonyl (C=O) groups is 1. The molecule has 0 saturated carbocycles. The van der Waals surface area contributed by atoms with Crippen LogP contribution < -0.4 is 10.1 Å². The van der Waals surface area contributed by atoms with Gasteiger partial charge in [0.15, 0.2) is 0 Å². The van der Waals surface area contributed by atoms with E-state index < -0.39 is 0 Å². The Morgan fingerprint density at radius 2 is 1.67 bits per heavy atom. The highest BCUT2D eigenvalue weighted by molar-refractivity contribution is 5.76. The summed E-state index contributed by atoms with van der Waals surface area (Å²) < 4.78 is 5.47. The van der Waals surface area contributed by atoms with Crippen molar-refractivity contribution < 1.29 is 14.6 Å². The summed E-state index contributed by atoms with van der Waals surface area (Å²) in [6, 6.07) is 18.4. The zero-order valence-corrected chi connectivity index (χ0v) is 11.7. The fourth-order valence-corrected chi connectivity index (χ4v) is 1.96. The van der Waals surface area contributed by atoms with Crippen LogP contribution in [0.25, 0.3) is 0 Å². The monoisotopic (exact) mass is 285 g/mol. The molecule has 4 heteroatoms. The number of hydrogen-bond donors (Lipinski definition) is 2. The van der Waals surface area contributed by atoms with E-state index in [4.69, 9.17) is 4.74 Å². The number of amides is 1. The van der Waals surface area contributed by atoms with Crippen LogP contribution in [-0.4, -0.2) is 24.2 Å². The van der Waals surface area contributed by atoms with E-state index in [-0.39, 0.29) is 25.0 Å². The van der Waals surface area contributed by atoms with E-state index in [1.165, 1.54) is 0 Å². The summed E-state index contributed by atoms with van der Waals surface area (Å²) in [6.07, 6.45) is 0.248. The number of nitrogens with one attached hydrogen (secondary N) is 1. The van der Waals surface area contributed by atoms with Crippen molar-refractivity contribution in [3.05, 3.63) is 66.2 Å². The molecule has 2 aromatic rings. The topological polar surface area (TPSA) is 58.6 Å². The van der Waals surface area contributed by atoms with Gasteiger partial charge in [-0.1, -0.05) is 48.5 Å². The van der Waals surface area contributed by atoms with Gasteiger partial charge in [0.1, 0.15) is 5.75 Å². The summed E-state index contributed by atoms with van der Waals surface area (Å²) >= 11 is 0. The molecular weight excluding hydrogens is 266 g/mol. The SMILES string of the molecule is O=C(CCOc1ccccc1)N[C@@H](CO)c1ccccc1. The zero-order valence-electron chi connectivity index (χ0n) is 11.7. The molecule has 110 valence electrons. The number of hydrogen-bond acceptors (Lipinski definition) is 3. The normalized spacial score (nSPS) is 11.7. The Hall–Kier alpha value is -2.33. The molecule has 0 bridgehead atoms. The van der Waals surface area contributed by atoms with E-state index in [1.54, 1.807) is 0 Å². The van der Waals surface area contributed by atoms with Gasteiger partial charge in [0.05, 0.1) is 25.7 Å². The van der Waals surface area contributed by atoms with Gasteiger partial charge in [0, 0.05) is 0 Å². The molecule has 2 aromatic carbocycles. The third-order valence-corrected chi connectivity index (χ3v) is 3.06. The van der Waals surface area contributed by atoms with E-state index in [0.717, 1.165) is 11.3 Å². The number of carbonyl (C=O) groups excluding carboxylic acids is 1. The largest absolute Gasteiger partial charge is 0.493 e. The van der Waals surface area contributed by atoms with Crippen LogP contribution >= 0.6 is 0 Å². The van der Waals surface area contributed by atoms with Crippen LogP contribution in [0.1, 0.15) is 18.0 Å². The van der Waals surface area contributed by atoms with E-state index in [9.17, 15) is 9.90 Å². The molecule has 0 aromatic heterocycles. The van der Waals surface area contributed by atoms with Crippen LogP contribution in [0.3, 0.4) is 0 Å². The van der Waals surface area contributed by atoms with Crippen LogP contribution in [-0.2, 0) is 4.79 Å². The Labute approximate surface area is 124 Å². The molecule has 0 heterocycles. The van der Waals surface area contributed by atoms with Gasteiger partial charge in [-0.15, -0.1) is 0 Å². The minimum Gasteiger partial charge on any atom is -0.493 e. The van der Waals surface area contributed by atoms with Gasteiger partial charge < -0.3 is 15.2 Å². The van der Waals surface area contributed by atoms with E-state index in [2.05, 4.69) is 5.32 Å². The number of benzene rings is 2. The van der Waals surface area contributed by atoms with Crippen LogP contribution in [0.5, 0.6) is 5.75 Å². The Balaban J connectivity index is 1.78. The van der Waals surface area contributed by atoms with Crippen molar-refractivity contribution in [2.24, 2.45) is 0 Å². The second-order valence-corrected chi connectivity index (χ2v) is 4.62. The van der Waals surface area contributed by atoms with Crippen LogP contribution in [0.4, 0.5) is 0 Å². The molecule has 21 heavy (non-hydrogen) atoms. The van der Waals surface area contributed by atoms with Crippen LogP contribution in [0.2, 0.25) is 0 Å². The molecule has 0 fully saturated rings. The number of aliphatic hydroxyl groups is 1. The van der Waals surface area contributed by atoms with Crippen molar-refractivity contribution in [3.63, 3.8) is 0 Å². The van der Waals surface area contributed by atoms with E-state index in [1.807, 2.05) is 60.7 Å². The van der Waals surface area contributed by atoms with Crippen LogP contribution in [0, 0.1) is 0 Å². The summed E-state index contributed by atoms with van der Waals surface area (Å²) in [5.41, 5.74) is 0.886. The number of ether oxygens (including phenoxy) is 1. The first-order valence-corrected chi connectivity index (χ1v) is 6.92. The van der Waals surface area contributed by atoms with Crippen molar-refractivity contribution in [1.82, 2.24) is 5.32 Å². The average Bonchev–Trinajstić information content (AvgIpc) is 2.54. The lowest BCUT2D eigenvalue weighted by Gasteiger charge is -2.16. The third-order valence-electron chi connectivity index (χ3n) is 3.06. The molecule has 0 unspecified atom stereocenters. The van der Waals surface area contributed by atoms with Crippen LogP contribution in [0.15, 0.2) is 60.7 Å². The quantitative estimate of drug-likeness (QED) is 0.820. The predicted octanol–water partition coefficient (Wildman–Crippen LogP) is 2.31. The van der Waals surface area contributed by atoms with Gasteiger partial charge >= 0.3 is 0 Å². The Bertz CT molecular complexity index is 542. The number of aliphatic hydroxyl groups excluding tert-OH is 1. The third kappa shape index (κ3) is 4.93. The molecule has 0 aliphatic heterocycles. The van der Waals surface area contributed by atoms with Gasteiger partial charge in [-0.25, -0.2) is 0 Å². The van der Waals surface area contributed by atoms with Crippen molar-refractivity contribution in [3.8, 4) is 5.75 Å². The zero-order chi connectivity index (χ0) is 14.9. The maximum absolute atomic E-state index is 11.9. The van der Waals surface area contributed by atoms with Gasteiger partial charge in [-0.2, -0.15) is 0 Å². The summed E-state index contributed by atoms with van der Waals surface area (Å²) in [7, 11) is 0. The Morgan fingerprint density at radius 3 is 2.29 bits per heavy atom. The molecular formula is C17H19NO3. The lowest BCUT2D eigenvalue weighted by molar-refractivity contribution is -0.122. The molecule has 0 saturated heterocycles. The minimum absolute atomic E-state index is 0.130. The summed E-state index contributed by atoms with van der Waals surface area (Å²) in [4.78, 5) is 11.9. The van der Waals surface area contributed by atoms with E-state index >= 15 is 0 Å². The molecule has 2 rings (SSSR count). The van der Waals surface area contributed by atoms with Gasteiger partial charge in [0.25, 0.3) is 0 Å². The highest BCUT2D eigenvalue weighted by atomic mass is 16.5. The maximum Gasteiger partial charge on any atom is 0.223 e. The standard InChI is InChI=1S/C17H19NO3/c19-13-16(14-7-3-1-4-8-14)18-17(20)11-12-21-15-9-5-2-6-10-15/h1-10,16,19H,11-13H2,(H,18,20)/t16-/m0/s1. The first kappa shape index (κ1) is 15.1. The first-order valence-electron chi connectivity index (χ1n) is 6.92. The fraction of sp³-hybridized carbons (Fsp3) is 0.235. The van der Waals surface area contributed by atoms with Crippen molar-refractivity contribution in [2.75, 3.05) is 13.2 Å². The average molecular weight is 285 g/mol. The first-order chi connectivity index (χ1) is 10.3. The summed E-state index contributed by atoms with van der Waals surface area (Å²) in [6.45, 7) is 0.179.